The first-order valence-corrected chi connectivity index (χ1v) is 15.6. The minimum absolute atomic E-state index is 1.15. The van der Waals surface area contributed by atoms with Crippen molar-refractivity contribution in [3.05, 3.63) is 90.1 Å². The standard InChI is InChI=1S/C30H30N2Si/c1-33(2,3)29-20-31-30(25-15-8-7-14-24(25)29)21-17-18-28-26(19-21)23-13-9-10-16-27(23)32(28)22-11-5-4-6-12-22/h4-6,9-13,16-20H,7-8,14-15H2,1-3H3. The molecule has 2 aromatic heterocycles. The highest BCUT2D eigenvalue weighted by Crippen LogP contribution is 2.36. The van der Waals surface area contributed by atoms with Gasteiger partial charge in [-0.3, -0.25) is 4.98 Å². The van der Waals surface area contributed by atoms with Gasteiger partial charge in [0.1, 0.15) is 0 Å². The Morgan fingerprint density at radius 3 is 2.21 bits per heavy atom. The first-order chi connectivity index (χ1) is 16.0. The predicted molar refractivity (Wildman–Crippen MR) is 144 cm³/mol. The van der Waals surface area contributed by atoms with E-state index in [1.54, 1.807) is 10.8 Å². The van der Waals surface area contributed by atoms with Crippen LogP contribution in [0.25, 0.3) is 38.8 Å². The molecule has 0 fully saturated rings. The van der Waals surface area contributed by atoms with E-state index in [0.717, 1.165) is 6.42 Å². The van der Waals surface area contributed by atoms with E-state index in [9.17, 15) is 0 Å². The van der Waals surface area contributed by atoms with Crippen LogP contribution in [-0.4, -0.2) is 17.6 Å². The largest absolute Gasteiger partial charge is 0.309 e. The maximum atomic E-state index is 5.11. The van der Waals surface area contributed by atoms with Crippen molar-refractivity contribution in [2.24, 2.45) is 0 Å². The number of hydrogen-bond donors (Lipinski definition) is 0. The van der Waals surface area contributed by atoms with E-state index in [1.165, 1.54) is 63.6 Å². The molecule has 5 aromatic rings. The van der Waals surface area contributed by atoms with Crippen LogP contribution in [0.1, 0.15) is 24.0 Å². The third-order valence-electron chi connectivity index (χ3n) is 7.17. The molecule has 0 aliphatic heterocycles. The van der Waals surface area contributed by atoms with Gasteiger partial charge in [-0.25, -0.2) is 0 Å². The van der Waals surface area contributed by atoms with Gasteiger partial charge in [-0.05, 0) is 72.3 Å². The molecule has 1 aliphatic carbocycles. The summed E-state index contributed by atoms with van der Waals surface area (Å²) in [4.78, 5) is 5.11. The Balaban J connectivity index is 1.60. The summed E-state index contributed by atoms with van der Waals surface area (Å²) >= 11 is 0. The summed E-state index contributed by atoms with van der Waals surface area (Å²) in [5, 5.41) is 4.15. The number of pyridine rings is 1. The number of nitrogens with zero attached hydrogens (tertiary/aromatic N) is 2. The van der Waals surface area contributed by atoms with Crippen LogP contribution in [0.3, 0.4) is 0 Å². The number of para-hydroxylation sites is 2. The third-order valence-corrected chi connectivity index (χ3v) is 9.22. The van der Waals surface area contributed by atoms with Crippen LogP contribution in [0, 0.1) is 0 Å². The molecule has 0 bridgehead atoms. The quantitative estimate of drug-likeness (QED) is 0.266. The molecule has 3 heteroatoms. The van der Waals surface area contributed by atoms with Crippen LogP contribution < -0.4 is 5.19 Å². The summed E-state index contributed by atoms with van der Waals surface area (Å²) < 4.78 is 2.38. The normalized spacial score (nSPS) is 14.0. The number of benzene rings is 3. The fourth-order valence-electron chi connectivity index (χ4n) is 5.62. The van der Waals surface area contributed by atoms with Crippen molar-refractivity contribution < 1.29 is 0 Å². The van der Waals surface area contributed by atoms with Crippen LogP contribution in [0.4, 0.5) is 0 Å². The van der Waals surface area contributed by atoms with E-state index in [0.29, 0.717) is 0 Å². The molecule has 3 aromatic carbocycles. The van der Waals surface area contributed by atoms with Crippen molar-refractivity contribution in [3.63, 3.8) is 0 Å². The van der Waals surface area contributed by atoms with Crippen LogP contribution in [0.2, 0.25) is 19.6 Å². The molecule has 0 spiro atoms. The lowest BCUT2D eigenvalue weighted by atomic mass is 9.88. The molecule has 2 heterocycles. The average Bonchev–Trinajstić information content (AvgIpc) is 3.17. The van der Waals surface area contributed by atoms with E-state index < -0.39 is 8.07 Å². The predicted octanol–water partition coefficient (Wildman–Crippen LogP) is 7.27. The minimum atomic E-state index is -1.42. The number of fused-ring (bicyclic) bond motifs is 4. The van der Waals surface area contributed by atoms with Crippen molar-refractivity contribution in [3.8, 4) is 16.9 Å². The van der Waals surface area contributed by atoms with E-state index in [-0.39, 0.29) is 0 Å². The first-order valence-electron chi connectivity index (χ1n) is 12.1. The Bertz CT molecular complexity index is 1490. The van der Waals surface area contributed by atoms with Crippen molar-refractivity contribution >= 4 is 35.1 Å². The van der Waals surface area contributed by atoms with E-state index in [4.69, 9.17) is 4.98 Å². The lowest BCUT2D eigenvalue weighted by Crippen LogP contribution is -2.42. The van der Waals surface area contributed by atoms with Crippen molar-refractivity contribution in [1.82, 2.24) is 9.55 Å². The highest BCUT2D eigenvalue weighted by molar-refractivity contribution is 6.89. The summed E-state index contributed by atoms with van der Waals surface area (Å²) in [6.45, 7) is 7.34. The van der Waals surface area contributed by atoms with Gasteiger partial charge in [-0.1, -0.05) is 62.1 Å². The SMILES string of the molecule is C[Si](C)(C)c1cnc(-c2ccc3c(c2)c2ccccc2n3-c2ccccc2)c2c1CCCC2. The molecule has 33 heavy (non-hydrogen) atoms. The Morgan fingerprint density at radius 1 is 0.727 bits per heavy atom. The van der Waals surface area contributed by atoms with Crippen molar-refractivity contribution in [2.45, 2.75) is 45.3 Å². The Kier molecular flexibility index (Phi) is 4.77. The number of aromatic nitrogens is 2. The van der Waals surface area contributed by atoms with Crippen LogP contribution in [0.15, 0.2) is 79.0 Å². The average molecular weight is 447 g/mol. The van der Waals surface area contributed by atoms with E-state index in [2.05, 4.69) is 103 Å². The van der Waals surface area contributed by atoms with Gasteiger partial charge in [0, 0.05) is 28.2 Å². The van der Waals surface area contributed by atoms with E-state index >= 15 is 0 Å². The van der Waals surface area contributed by atoms with Crippen molar-refractivity contribution in [1.29, 1.82) is 0 Å². The summed E-state index contributed by atoms with van der Waals surface area (Å²) in [5.41, 5.74) is 9.26. The molecule has 0 radical (unpaired) electrons. The van der Waals surface area contributed by atoms with Gasteiger partial charge < -0.3 is 4.57 Å². The Hall–Kier alpha value is -3.17. The highest BCUT2D eigenvalue weighted by Gasteiger charge is 2.26. The fraction of sp³-hybridized carbons (Fsp3) is 0.233. The van der Waals surface area contributed by atoms with Gasteiger partial charge >= 0.3 is 0 Å². The molecule has 1 aliphatic rings. The van der Waals surface area contributed by atoms with Crippen molar-refractivity contribution in [2.75, 3.05) is 0 Å². The van der Waals surface area contributed by atoms with Gasteiger partial charge in [0.05, 0.1) is 24.8 Å². The van der Waals surface area contributed by atoms with Gasteiger partial charge in [0.25, 0.3) is 0 Å². The topological polar surface area (TPSA) is 17.8 Å². The lowest BCUT2D eigenvalue weighted by molar-refractivity contribution is 0.686. The highest BCUT2D eigenvalue weighted by atomic mass is 28.3. The monoisotopic (exact) mass is 446 g/mol. The van der Waals surface area contributed by atoms with Gasteiger partial charge in [0.15, 0.2) is 0 Å². The third kappa shape index (κ3) is 3.34. The molecule has 164 valence electrons. The second kappa shape index (κ2) is 7.70. The zero-order chi connectivity index (χ0) is 22.6. The Labute approximate surface area is 196 Å². The summed E-state index contributed by atoms with van der Waals surface area (Å²) in [6.07, 6.45) is 7.15. The molecule has 6 rings (SSSR count). The van der Waals surface area contributed by atoms with E-state index in [1.807, 2.05) is 0 Å². The Morgan fingerprint density at radius 2 is 1.42 bits per heavy atom. The second-order valence-corrected chi connectivity index (χ2v) is 15.4. The maximum Gasteiger partial charge on any atom is 0.0799 e. The number of rotatable bonds is 3. The fourth-order valence-corrected chi connectivity index (χ4v) is 7.25. The molecule has 0 amide bonds. The lowest BCUT2D eigenvalue weighted by Gasteiger charge is -2.27. The minimum Gasteiger partial charge on any atom is -0.309 e. The molecular formula is C30H30N2Si. The summed E-state index contributed by atoms with van der Waals surface area (Å²) in [5.74, 6) is 0. The van der Waals surface area contributed by atoms with Gasteiger partial charge in [-0.15, -0.1) is 0 Å². The molecule has 0 unspecified atom stereocenters. The van der Waals surface area contributed by atoms with Crippen LogP contribution in [0.5, 0.6) is 0 Å². The molecule has 0 atom stereocenters. The smallest absolute Gasteiger partial charge is 0.0799 e. The molecule has 2 nitrogen and oxygen atoms in total. The zero-order valence-electron chi connectivity index (χ0n) is 19.7. The first kappa shape index (κ1) is 20.4. The van der Waals surface area contributed by atoms with Gasteiger partial charge in [-0.2, -0.15) is 0 Å². The summed E-state index contributed by atoms with van der Waals surface area (Å²) in [7, 11) is -1.42. The maximum absolute atomic E-state index is 5.11. The number of hydrogen-bond acceptors (Lipinski definition) is 1. The molecular weight excluding hydrogens is 416 g/mol. The zero-order valence-corrected chi connectivity index (χ0v) is 20.7. The summed E-state index contributed by atoms with van der Waals surface area (Å²) in [6, 6.07) is 26.4. The molecule has 0 N–H and O–H groups in total. The van der Waals surface area contributed by atoms with Crippen LogP contribution in [-0.2, 0) is 12.8 Å². The molecule has 0 saturated carbocycles. The van der Waals surface area contributed by atoms with Crippen LogP contribution >= 0.6 is 0 Å². The van der Waals surface area contributed by atoms with Gasteiger partial charge in [0.2, 0.25) is 0 Å². The second-order valence-electron chi connectivity index (χ2n) is 10.4. The molecule has 0 saturated heterocycles.